The minimum Gasteiger partial charge on any atom is -0.481 e. The van der Waals surface area contributed by atoms with E-state index in [2.05, 4.69) is 20.6 Å². The quantitative estimate of drug-likeness (QED) is 0.648. The molecule has 1 aliphatic carbocycles. The van der Waals surface area contributed by atoms with Gasteiger partial charge in [0.05, 0.1) is 12.0 Å². The highest BCUT2D eigenvalue weighted by Gasteiger charge is 2.45. The van der Waals surface area contributed by atoms with Crippen LogP contribution in [0, 0.1) is 5.41 Å². The number of nitrogens with one attached hydrogen (secondary N) is 3. The summed E-state index contributed by atoms with van der Waals surface area (Å²) >= 11 is 0. The van der Waals surface area contributed by atoms with Crippen molar-refractivity contribution < 1.29 is 14.7 Å². The second-order valence-electron chi connectivity index (χ2n) is 5.03. The van der Waals surface area contributed by atoms with Crippen molar-refractivity contribution in [2.45, 2.75) is 38.8 Å². The average molecular weight is 266 g/mol. The molecule has 0 bridgehead atoms. The second-order valence-corrected chi connectivity index (χ2v) is 5.03. The molecule has 1 aliphatic rings. The lowest BCUT2D eigenvalue weighted by Crippen LogP contribution is -2.50. The molecule has 1 saturated carbocycles. The van der Waals surface area contributed by atoms with Gasteiger partial charge in [-0.05, 0) is 19.8 Å². The predicted molar refractivity (Wildman–Crippen MR) is 67.3 cm³/mol. The largest absolute Gasteiger partial charge is 0.481 e. The van der Waals surface area contributed by atoms with Crippen LogP contribution in [-0.4, -0.2) is 33.1 Å². The molecule has 2 atom stereocenters. The summed E-state index contributed by atoms with van der Waals surface area (Å²) in [4.78, 5) is 29.9. The van der Waals surface area contributed by atoms with Gasteiger partial charge in [-0.25, -0.2) is 9.78 Å². The maximum absolute atomic E-state index is 11.7. The summed E-state index contributed by atoms with van der Waals surface area (Å²) < 4.78 is 0. The van der Waals surface area contributed by atoms with Crippen LogP contribution in [0.1, 0.15) is 32.0 Å². The number of carbonyl (C=O) groups is 2. The Morgan fingerprint density at radius 3 is 3.05 bits per heavy atom. The maximum Gasteiger partial charge on any atom is 0.315 e. The van der Waals surface area contributed by atoms with Crippen LogP contribution >= 0.6 is 0 Å². The van der Waals surface area contributed by atoms with Crippen LogP contribution in [0.4, 0.5) is 4.79 Å². The molecule has 0 spiro atoms. The van der Waals surface area contributed by atoms with E-state index in [1.165, 1.54) is 0 Å². The van der Waals surface area contributed by atoms with Crippen molar-refractivity contribution in [1.82, 2.24) is 20.6 Å². The Hall–Kier alpha value is -2.05. The van der Waals surface area contributed by atoms with Gasteiger partial charge in [-0.2, -0.15) is 0 Å². The molecule has 19 heavy (non-hydrogen) atoms. The number of hydrogen-bond acceptors (Lipinski definition) is 3. The Morgan fingerprint density at radius 1 is 1.63 bits per heavy atom. The highest BCUT2D eigenvalue weighted by molar-refractivity contribution is 5.79. The molecule has 2 unspecified atom stereocenters. The molecule has 1 aromatic heterocycles. The molecule has 4 N–H and O–H groups in total. The van der Waals surface area contributed by atoms with E-state index in [0.717, 1.165) is 6.42 Å². The number of hydrogen-bond donors (Lipinski definition) is 4. The first kappa shape index (κ1) is 13.4. The molecule has 0 aliphatic heterocycles. The molecule has 0 saturated heterocycles. The van der Waals surface area contributed by atoms with E-state index in [-0.39, 0.29) is 18.6 Å². The normalized spacial score (nSPS) is 26.1. The molecule has 2 amide bonds. The number of aliphatic carboxylic acids is 1. The Balaban J connectivity index is 1.86. The average Bonchev–Trinajstić information content (AvgIpc) is 2.98. The molecule has 0 aromatic carbocycles. The fourth-order valence-electron chi connectivity index (χ4n) is 2.42. The summed E-state index contributed by atoms with van der Waals surface area (Å²) in [6.07, 6.45) is 5.37. The zero-order chi connectivity index (χ0) is 13.9. The maximum atomic E-state index is 11.7. The van der Waals surface area contributed by atoms with E-state index in [9.17, 15) is 14.7 Å². The number of aromatic amines is 1. The summed E-state index contributed by atoms with van der Waals surface area (Å²) in [5.41, 5.74) is -0.873. The smallest absolute Gasteiger partial charge is 0.315 e. The van der Waals surface area contributed by atoms with Crippen molar-refractivity contribution in [3.05, 3.63) is 18.2 Å². The first-order chi connectivity index (χ1) is 9.02. The minimum atomic E-state index is -0.873. The predicted octanol–water partition coefficient (Wildman–Crippen LogP) is 0.852. The van der Waals surface area contributed by atoms with Crippen molar-refractivity contribution in [2.75, 3.05) is 0 Å². The van der Waals surface area contributed by atoms with Crippen molar-refractivity contribution in [3.63, 3.8) is 0 Å². The van der Waals surface area contributed by atoms with Gasteiger partial charge >= 0.3 is 12.0 Å². The molecule has 1 fully saturated rings. The third kappa shape index (κ3) is 2.86. The minimum absolute atomic E-state index is 0.287. The Morgan fingerprint density at radius 2 is 2.42 bits per heavy atom. The fraction of sp³-hybridized carbons (Fsp3) is 0.583. The number of urea groups is 1. The molecular formula is C12H18N4O3. The number of H-pyrrole nitrogens is 1. The van der Waals surface area contributed by atoms with E-state index < -0.39 is 11.4 Å². The van der Waals surface area contributed by atoms with Gasteiger partial charge in [0.1, 0.15) is 5.82 Å². The summed E-state index contributed by atoms with van der Waals surface area (Å²) in [7, 11) is 0. The number of imidazole rings is 1. The van der Waals surface area contributed by atoms with Crippen LogP contribution in [0.2, 0.25) is 0 Å². The van der Waals surface area contributed by atoms with E-state index in [4.69, 9.17) is 0 Å². The summed E-state index contributed by atoms with van der Waals surface area (Å²) in [5, 5.41) is 14.6. The number of carboxylic acids is 1. The van der Waals surface area contributed by atoms with Gasteiger partial charge in [0.2, 0.25) is 0 Å². The zero-order valence-corrected chi connectivity index (χ0v) is 10.8. The van der Waals surface area contributed by atoms with Gasteiger partial charge < -0.3 is 20.7 Å². The zero-order valence-electron chi connectivity index (χ0n) is 10.8. The van der Waals surface area contributed by atoms with Gasteiger partial charge in [-0.3, -0.25) is 4.79 Å². The van der Waals surface area contributed by atoms with Gasteiger partial charge in [-0.1, -0.05) is 6.42 Å². The van der Waals surface area contributed by atoms with E-state index in [1.54, 1.807) is 19.3 Å². The SMILES string of the molecule is CC1(C(=O)O)CCCC1NC(=O)NCc1ncc[nH]1. The molecule has 1 heterocycles. The standard InChI is InChI=1S/C12H18N4O3/c1-12(10(17)18)4-2-3-8(12)16-11(19)15-7-9-13-5-6-14-9/h5-6,8H,2-4,7H2,1H3,(H,13,14)(H,17,18)(H2,15,16,19). The Bertz CT molecular complexity index is 460. The second kappa shape index (κ2) is 5.29. The number of carboxylic acid groups (broad SMARTS) is 1. The molecule has 7 heteroatoms. The lowest BCUT2D eigenvalue weighted by Gasteiger charge is -2.27. The van der Waals surface area contributed by atoms with Crippen molar-refractivity contribution in [2.24, 2.45) is 5.41 Å². The fourth-order valence-corrected chi connectivity index (χ4v) is 2.42. The van der Waals surface area contributed by atoms with Crippen LogP contribution < -0.4 is 10.6 Å². The first-order valence-electron chi connectivity index (χ1n) is 6.28. The van der Waals surface area contributed by atoms with Gasteiger partial charge in [0.15, 0.2) is 0 Å². The lowest BCUT2D eigenvalue weighted by molar-refractivity contribution is -0.148. The number of aromatic nitrogens is 2. The van der Waals surface area contributed by atoms with Crippen LogP contribution in [0.3, 0.4) is 0 Å². The van der Waals surface area contributed by atoms with Gasteiger partial charge in [0.25, 0.3) is 0 Å². The van der Waals surface area contributed by atoms with Crippen LogP contribution in [0.25, 0.3) is 0 Å². The highest BCUT2D eigenvalue weighted by atomic mass is 16.4. The molecular weight excluding hydrogens is 248 g/mol. The van der Waals surface area contributed by atoms with E-state index in [0.29, 0.717) is 18.7 Å². The summed E-state index contributed by atoms with van der Waals surface area (Å²) in [6, 6.07) is -0.697. The summed E-state index contributed by atoms with van der Waals surface area (Å²) in [5.74, 6) is -0.205. The topological polar surface area (TPSA) is 107 Å². The van der Waals surface area contributed by atoms with Crippen LogP contribution in [-0.2, 0) is 11.3 Å². The third-order valence-electron chi connectivity index (χ3n) is 3.72. The van der Waals surface area contributed by atoms with Crippen molar-refractivity contribution >= 4 is 12.0 Å². The molecule has 104 valence electrons. The molecule has 7 nitrogen and oxygen atoms in total. The third-order valence-corrected chi connectivity index (χ3v) is 3.72. The monoisotopic (exact) mass is 266 g/mol. The first-order valence-corrected chi connectivity index (χ1v) is 6.28. The van der Waals surface area contributed by atoms with Gasteiger partial charge in [-0.15, -0.1) is 0 Å². The van der Waals surface area contributed by atoms with E-state index >= 15 is 0 Å². The van der Waals surface area contributed by atoms with Crippen molar-refractivity contribution in [1.29, 1.82) is 0 Å². The van der Waals surface area contributed by atoms with Crippen molar-refractivity contribution in [3.8, 4) is 0 Å². The lowest BCUT2D eigenvalue weighted by atomic mass is 9.85. The summed E-state index contributed by atoms with van der Waals surface area (Å²) in [6.45, 7) is 1.97. The van der Waals surface area contributed by atoms with Crippen LogP contribution in [0.5, 0.6) is 0 Å². The van der Waals surface area contributed by atoms with Gasteiger partial charge in [0, 0.05) is 18.4 Å². The molecule has 2 rings (SSSR count). The highest BCUT2D eigenvalue weighted by Crippen LogP contribution is 2.38. The Kier molecular flexibility index (Phi) is 3.73. The van der Waals surface area contributed by atoms with E-state index in [1.807, 2.05) is 0 Å². The Labute approximate surface area is 110 Å². The molecule has 1 aromatic rings. The van der Waals surface area contributed by atoms with Crippen LogP contribution in [0.15, 0.2) is 12.4 Å². The number of rotatable bonds is 4. The molecule has 0 radical (unpaired) electrons. The number of carbonyl (C=O) groups excluding carboxylic acids is 1. The number of amides is 2. The number of nitrogens with zero attached hydrogens (tertiary/aromatic N) is 1.